The van der Waals surface area contributed by atoms with Crippen LogP contribution in [0.5, 0.6) is 5.75 Å². The monoisotopic (exact) mass is 259 g/mol. The summed E-state index contributed by atoms with van der Waals surface area (Å²) >= 11 is 0. The van der Waals surface area contributed by atoms with E-state index < -0.39 is 0 Å². The maximum Gasteiger partial charge on any atom is 0.143 e. The van der Waals surface area contributed by atoms with E-state index in [4.69, 9.17) is 10.5 Å². The Balaban J connectivity index is 2.24. The van der Waals surface area contributed by atoms with E-state index in [1.54, 1.807) is 7.11 Å². The fraction of sp³-hybridized carbons (Fsp3) is 0.533. The molecule has 1 saturated carbocycles. The Hall–Kier alpha value is -1.73. The molecule has 0 spiro atoms. The molecule has 0 bridgehead atoms. The van der Waals surface area contributed by atoms with Gasteiger partial charge in [0.25, 0.3) is 0 Å². The zero-order chi connectivity index (χ0) is 13.7. The van der Waals surface area contributed by atoms with Crippen LogP contribution in [0.1, 0.15) is 31.2 Å². The first-order valence-electron chi connectivity index (χ1n) is 6.83. The molecule has 2 unspecified atom stereocenters. The summed E-state index contributed by atoms with van der Waals surface area (Å²) < 4.78 is 5.35. The summed E-state index contributed by atoms with van der Waals surface area (Å²) in [5, 5.41) is 12.7. The highest BCUT2D eigenvalue weighted by molar-refractivity contribution is 5.66. The molecule has 0 heterocycles. The van der Waals surface area contributed by atoms with Gasteiger partial charge in [0, 0.05) is 6.04 Å². The first-order chi connectivity index (χ1) is 9.30. The number of nitrogens with two attached hydrogens (primary N) is 1. The minimum atomic E-state index is 0.335. The van der Waals surface area contributed by atoms with Crippen LogP contribution in [-0.4, -0.2) is 19.7 Å². The molecule has 1 aliphatic rings. The summed E-state index contributed by atoms with van der Waals surface area (Å²) in [6.45, 7) is 0.689. The Morgan fingerprint density at radius 3 is 2.89 bits per heavy atom. The second kappa shape index (κ2) is 6.44. The predicted octanol–water partition coefficient (Wildman–Crippen LogP) is 2.50. The fourth-order valence-corrected chi connectivity index (χ4v) is 2.81. The molecule has 4 nitrogen and oxygen atoms in total. The molecular weight excluding hydrogens is 238 g/mol. The maximum atomic E-state index is 9.22. The lowest BCUT2D eigenvalue weighted by molar-refractivity contribution is 0.331. The number of hydrogen-bond donors (Lipinski definition) is 2. The van der Waals surface area contributed by atoms with Crippen LogP contribution in [-0.2, 0) is 0 Å². The molecule has 0 amide bonds. The molecule has 4 heteroatoms. The molecule has 19 heavy (non-hydrogen) atoms. The zero-order valence-electron chi connectivity index (χ0n) is 11.4. The highest BCUT2D eigenvalue weighted by Gasteiger charge is 2.25. The van der Waals surface area contributed by atoms with Crippen LogP contribution in [0, 0.1) is 17.2 Å². The van der Waals surface area contributed by atoms with Gasteiger partial charge >= 0.3 is 0 Å². The van der Waals surface area contributed by atoms with Crippen LogP contribution in [0.25, 0.3) is 0 Å². The lowest BCUT2D eigenvalue weighted by Crippen LogP contribution is -2.37. The van der Waals surface area contributed by atoms with E-state index >= 15 is 0 Å². The van der Waals surface area contributed by atoms with Crippen LogP contribution in [0.15, 0.2) is 18.2 Å². The van der Waals surface area contributed by atoms with Gasteiger partial charge in [-0.05, 0) is 37.4 Å². The van der Waals surface area contributed by atoms with Crippen molar-refractivity contribution >= 4 is 5.69 Å². The van der Waals surface area contributed by atoms with Crippen molar-refractivity contribution < 1.29 is 4.74 Å². The van der Waals surface area contributed by atoms with Gasteiger partial charge in [-0.1, -0.05) is 18.9 Å². The third kappa shape index (κ3) is 2.99. The topological polar surface area (TPSA) is 71.1 Å². The quantitative estimate of drug-likeness (QED) is 0.871. The largest absolute Gasteiger partial charge is 0.495 e. The molecule has 2 rings (SSSR count). The number of nitrogens with zero attached hydrogens (tertiary/aromatic N) is 1. The average molecular weight is 259 g/mol. The van der Waals surface area contributed by atoms with E-state index in [1.165, 1.54) is 12.8 Å². The van der Waals surface area contributed by atoms with E-state index in [-0.39, 0.29) is 0 Å². The van der Waals surface area contributed by atoms with Crippen molar-refractivity contribution in [3.05, 3.63) is 23.8 Å². The Bertz CT molecular complexity index is 467. The van der Waals surface area contributed by atoms with Gasteiger partial charge in [0.2, 0.25) is 0 Å². The Morgan fingerprint density at radius 1 is 1.42 bits per heavy atom. The van der Waals surface area contributed by atoms with Crippen molar-refractivity contribution in [3.63, 3.8) is 0 Å². The summed E-state index contributed by atoms with van der Waals surface area (Å²) in [5.74, 6) is 1.20. The predicted molar refractivity (Wildman–Crippen MR) is 76.1 cm³/mol. The summed E-state index contributed by atoms with van der Waals surface area (Å²) in [6, 6.07) is 8.08. The Morgan fingerprint density at radius 2 is 2.21 bits per heavy atom. The number of hydrogen-bond acceptors (Lipinski definition) is 4. The van der Waals surface area contributed by atoms with Gasteiger partial charge < -0.3 is 15.8 Å². The Labute approximate surface area is 114 Å². The van der Waals surface area contributed by atoms with Gasteiger partial charge in [-0.2, -0.15) is 5.26 Å². The molecular formula is C15H21N3O. The smallest absolute Gasteiger partial charge is 0.143 e. The zero-order valence-corrected chi connectivity index (χ0v) is 11.4. The number of methoxy groups -OCH3 is 1. The van der Waals surface area contributed by atoms with Gasteiger partial charge in [0.1, 0.15) is 11.8 Å². The normalized spacial score (nSPS) is 22.6. The lowest BCUT2D eigenvalue weighted by atomic mass is 9.84. The van der Waals surface area contributed by atoms with Crippen LogP contribution in [0.3, 0.4) is 0 Å². The SMILES string of the molecule is COc1cccc(C#N)c1NC1CCCCC1CN. The fourth-order valence-electron chi connectivity index (χ4n) is 2.81. The van der Waals surface area contributed by atoms with Gasteiger partial charge in [-0.25, -0.2) is 0 Å². The molecule has 0 saturated heterocycles. The number of nitriles is 1. The first kappa shape index (κ1) is 13.7. The second-order valence-corrected chi connectivity index (χ2v) is 5.03. The molecule has 3 N–H and O–H groups in total. The van der Waals surface area contributed by atoms with E-state index in [0.717, 1.165) is 24.3 Å². The molecule has 1 fully saturated rings. The lowest BCUT2D eigenvalue weighted by Gasteiger charge is -2.32. The summed E-state index contributed by atoms with van der Waals surface area (Å²) in [7, 11) is 1.63. The van der Waals surface area contributed by atoms with Crippen LogP contribution in [0.2, 0.25) is 0 Å². The van der Waals surface area contributed by atoms with Crippen molar-refractivity contribution in [3.8, 4) is 11.8 Å². The molecule has 0 aromatic heterocycles. The molecule has 1 aliphatic carbocycles. The van der Waals surface area contributed by atoms with Crippen molar-refractivity contribution in [2.75, 3.05) is 19.0 Å². The van der Waals surface area contributed by atoms with Crippen molar-refractivity contribution in [1.29, 1.82) is 5.26 Å². The highest BCUT2D eigenvalue weighted by Crippen LogP contribution is 2.33. The van der Waals surface area contributed by atoms with Gasteiger partial charge in [-0.3, -0.25) is 0 Å². The third-order valence-corrected chi connectivity index (χ3v) is 3.91. The van der Waals surface area contributed by atoms with Crippen LogP contribution < -0.4 is 15.8 Å². The van der Waals surface area contributed by atoms with Crippen molar-refractivity contribution in [2.45, 2.75) is 31.7 Å². The maximum absolute atomic E-state index is 9.22. The van der Waals surface area contributed by atoms with E-state index in [2.05, 4.69) is 11.4 Å². The number of benzene rings is 1. The number of ether oxygens (including phenoxy) is 1. The highest BCUT2D eigenvalue weighted by atomic mass is 16.5. The van der Waals surface area contributed by atoms with Crippen LogP contribution in [0.4, 0.5) is 5.69 Å². The van der Waals surface area contributed by atoms with E-state index in [9.17, 15) is 5.26 Å². The summed E-state index contributed by atoms with van der Waals surface area (Å²) in [4.78, 5) is 0. The molecule has 1 aromatic rings. The van der Waals surface area contributed by atoms with Gasteiger partial charge in [0.15, 0.2) is 0 Å². The standard InChI is InChI=1S/C15H21N3O/c1-19-14-8-4-6-12(10-17)15(14)18-13-7-3-2-5-11(13)9-16/h4,6,8,11,13,18H,2-3,5,7,9,16H2,1H3. The number of para-hydroxylation sites is 1. The van der Waals surface area contributed by atoms with Gasteiger partial charge in [0.05, 0.1) is 18.4 Å². The molecule has 0 aliphatic heterocycles. The van der Waals surface area contributed by atoms with E-state index in [0.29, 0.717) is 24.1 Å². The number of rotatable bonds is 4. The third-order valence-electron chi connectivity index (χ3n) is 3.91. The summed E-state index contributed by atoms with van der Waals surface area (Å²) in [6.07, 6.45) is 4.72. The van der Waals surface area contributed by atoms with Crippen molar-refractivity contribution in [1.82, 2.24) is 0 Å². The number of anilines is 1. The first-order valence-corrected chi connectivity index (χ1v) is 6.83. The minimum absolute atomic E-state index is 0.335. The van der Waals surface area contributed by atoms with E-state index in [1.807, 2.05) is 18.2 Å². The minimum Gasteiger partial charge on any atom is -0.495 e. The Kier molecular flexibility index (Phi) is 4.64. The summed E-state index contributed by atoms with van der Waals surface area (Å²) in [5.41, 5.74) is 7.28. The van der Waals surface area contributed by atoms with Gasteiger partial charge in [-0.15, -0.1) is 0 Å². The molecule has 2 atom stereocenters. The molecule has 102 valence electrons. The second-order valence-electron chi connectivity index (χ2n) is 5.03. The molecule has 0 radical (unpaired) electrons. The van der Waals surface area contributed by atoms with Crippen molar-refractivity contribution in [2.24, 2.45) is 11.7 Å². The number of nitrogens with one attached hydrogen (secondary N) is 1. The molecule has 1 aromatic carbocycles. The van der Waals surface area contributed by atoms with Crippen LogP contribution >= 0.6 is 0 Å². The average Bonchev–Trinajstić information content (AvgIpc) is 2.48.